The Morgan fingerprint density at radius 2 is 2.00 bits per heavy atom. The quantitative estimate of drug-likeness (QED) is 0.744. The first kappa shape index (κ1) is 14.8. The smallest absolute Gasteiger partial charge is 0.127 e. The van der Waals surface area contributed by atoms with E-state index in [1.54, 1.807) is 0 Å². The molecule has 1 rings (SSSR count). The Balaban J connectivity index is 2.52. The van der Waals surface area contributed by atoms with Gasteiger partial charge in [-0.05, 0) is 33.0 Å². The first-order valence-corrected chi connectivity index (χ1v) is 6.88. The van der Waals surface area contributed by atoms with Crippen LogP contribution in [0.4, 0.5) is 11.5 Å². The predicted molar refractivity (Wildman–Crippen MR) is 79.3 cm³/mol. The van der Waals surface area contributed by atoms with Gasteiger partial charge in [0.15, 0.2) is 0 Å². The largest absolute Gasteiger partial charge is 0.381 e. The van der Waals surface area contributed by atoms with E-state index in [-0.39, 0.29) is 0 Å². The van der Waals surface area contributed by atoms with Crippen LogP contribution in [0.25, 0.3) is 0 Å². The van der Waals surface area contributed by atoms with Gasteiger partial charge in [0.1, 0.15) is 5.82 Å². The fourth-order valence-electron chi connectivity index (χ4n) is 2.00. The maximum Gasteiger partial charge on any atom is 0.127 e. The van der Waals surface area contributed by atoms with Crippen molar-refractivity contribution < 1.29 is 0 Å². The molecule has 0 amide bonds. The first-order valence-electron chi connectivity index (χ1n) is 6.88. The molecule has 0 saturated heterocycles. The molecule has 4 heteroatoms. The Morgan fingerprint density at radius 1 is 1.28 bits per heavy atom. The summed E-state index contributed by atoms with van der Waals surface area (Å²) in [7, 11) is 0. The van der Waals surface area contributed by atoms with Gasteiger partial charge in [-0.15, -0.1) is 0 Å². The molecule has 1 aromatic heterocycles. The molecule has 0 bridgehead atoms. The summed E-state index contributed by atoms with van der Waals surface area (Å²) in [6.45, 7) is 12.8. The fraction of sp³-hybridized carbons (Fsp3) is 0.643. The first-order chi connectivity index (χ1) is 8.69. The molecular weight excluding hydrogens is 224 g/mol. The third-order valence-corrected chi connectivity index (χ3v) is 2.96. The maximum atomic E-state index is 4.27. The Hall–Kier alpha value is -1.29. The molecule has 2 N–H and O–H groups in total. The highest BCUT2D eigenvalue weighted by molar-refractivity contribution is 5.52. The zero-order chi connectivity index (χ0) is 13.4. The van der Waals surface area contributed by atoms with Crippen LogP contribution in [0.3, 0.4) is 0 Å². The molecular formula is C14H26N4. The van der Waals surface area contributed by atoms with Gasteiger partial charge in [0.25, 0.3) is 0 Å². The van der Waals surface area contributed by atoms with Crippen molar-refractivity contribution in [2.75, 3.05) is 36.8 Å². The number of aromatic nitrogens is 1. The van der Waals surface area contributed by atoms with Crippen molar-refractivity contribution in [3.8, 4) is 0 Å². The minimum Gasteiger partial charge on any atom is -0.381 e. The molecule has 1 atom stereocenters. The maximum absolute atomic E-state index is 4.27. The molecule has 0 aliphatic rings. The van der Waals surface area contributed by atoms with Gasteiger partial charge in [0.05, 0.1) is 0 Å². The monoisotopic (exact) mass is 250 g/mol. The Morgan fingerprint density at radius 3 is 2.61 bits per heavy atom. The molecule has 102 valence electrons. The molecule has 1 unspecified atom stereocenters. The van der Waals surface area contributed by atoms with Crippen molar-refractivity contribution in [2.45, 2.75) is 33.7 Å². The average molecular weight is 250 g/mol. The van der Waals surface area contributed by atoms with E-state index in [4.69, 9.17) is 0 Å². The van der Waals surface area contributed by atoms with Crippen molar-refractivity contribution in [1.82, 2.24) is 9.88 Å². The highest BCUT2D eigenvalue weighted by Gasteiger charge is 2.07. The summed E-state index contributed by atoms with van der Waals surface area (Å²) < 4.78 is 0. The van der Waals surface area contributed by atoms with Crippen LogP contribution in [-0.4, -0.2) is 42.1 Å². The molecule has 0 aromatic carbocycles. The number of pyridine rings is 1. The van der Waals surface area contributed by atoms with Crippen molar-refractivity contribution in [2.24, 2.45) is 0 Å². The summed E-state index contributed by atoms with van der Waals surface area (Å²) in [6.07, 6.45) is 1.84. The summed E-state index contributed by atoms with van der Waals surface area (Å²) in [5.41, 5.74) is 1.13. The molecule has 0 aliphatic heterocycles. The van der Waals surface area contributed by atoms with Crippen molar-refractivity contribution in [3.63, 3.8) is 0 Å². The van der Waals surface area contributed by atoms with Gasteiger partial charge in [-0.2, -0.15) is 0 Å². The van der Waals surface area contributed by atoms with Crippen LogP contribution in [0.2, 0.25) is 0 Å². The Bertz CT molecular complexity index is 336. The minimum absolute atomic E-state index is 0.432. The van der Waals surface area contributed by atoms with E-state index in [0.29, 0.717) is 6.04 Å². The minimum atomic E-state index is 0.432. The van der Waals surface area contributed by atoms with E-state index < -0.39 is 0 Å². The van der Waals surface area contributed by atoms with Gasteiger partial charge in [0.2, 0.25) is 0 Å². The highest BCUT2D eigenvalue weighted by Crippen LogP contribution is 2.13. The van der Waals surface area contributed by atoms with Crippen molar-refractivity contribution >= 4 is 11.5 Å². The molecule has 1 heterocycles. The summed E-state index contributed by atoms with van der Waals surface area (Å²) in [6, 6.07) is 4.50. The van der Waals surface area contributed by atoms with Gasteiger partial charge in [-0.1, -0.05) is 13.8 Å². The van der Waals surface area contributed by atoms with Crippen LogP contribution in [0.5, 0.6) is 0 Å². The van der Waals surface area contributed by atoms with Gasteiger partial charge in [-0.3, -0.25) is 0 Å². The zero-order valence-electron chi connectivity index (χ0n) is 12.0. The van der Waals surface area contributed by atoms with Crippen molar-refractivity contribution in [1.29, 1.82) is 0 Å². The molecule has 0 radical (unpaired) electrons. The molecule has 0 spiro atoms. The number of likely N-dealkylation sites (N-methyl/N-ethyl adjacent to an activating group) is 1. The number of rotatable bonds is 8. The van der Waals surface area contributed by atoms with E-state index in [1.807, 2.05) is 12.3 Å². The van der Waals surface area contributed by atoms with Gasteiger partial charge < -0.3 is 15.5 Å². The number of nitrogens with one attached hydrogen (secondary N) is 2. The molecule has 18 heavy (non-hydrogen) atoms. The fourth-order valence-corrected chi connectivity index (χ4v) is 2.00. The van der Waals surface area contributed by atoms with E-state index in [1.165, 1.54) is 0 Å². The van der Waals surface area contributed by atoms with E-state index >= 15 is 0 Å². The lowest BCUT2D eigenvalue weighted by molar-refractivity contribution is 0.295. The van der Waals surface area contributed by atoms with Crippen molar-refractivity contribution in [3.05, 3.63) is 18.3 Å². The molecule has 4 nitrogen and oxygen atoms in total. The summed E-state index contributed by atoms with van der Waals surface area (Å²) in [5.74, 6) is 0.928. The van der Waals surface area contributed by atoms with Crippen LogP contribution in [-0.2, 0) is 0 Å². The number of hydrogen-bond donors (Lipinski definition) is 2. The van der Waals surface area contributed by atoms with Crippen LogP contribution < -0.4 is 10.6 Å². The van der Waals surface area contributed by atoms with E-state index in [9.17, 15) is 0 Å². The van der Waals surface area contributed by atoms with Crippen LogP contribution in [0, 0.1) is 0 Å². The van der Waals surface area contributed by atoms with Gasteiger partial charge >= 0.3 is 0 Å². The Kier molecular flexibility index (Phi) is 6.50. The molecule has 0 fully saturated rings. The number of anilines is 2. The van der Waals surface area contributed by atoms with Crippen LogP contribution >= 0.6 is 0 Å². The third-order valence-electron chi connectivity index (χ3n) is 2.96. The van der Waals surface area contributed by atoms with Gasteiger partial charge in [0, 0.05) is 37.1 Å². The lowest BCUT2D eigenvalue weighted by Gasteiger charge is -2.24. The topological polar surface area (TPSA) is 40.2 Å². The molecule has 0 saturated carbocycles. The zero-order valence-corrected chi connectivity index (χ0v) is 12.0. The third kappa shape index (κ3) is 4.92. The predicted octanol–water partition coefficient (Wildman–Crippen LogP) is 2.66. The number of hydrogen-bond acceptors (Lipinski definition) is 4. The second kappa shape index (κ2) is 7.93. The van der Waals surface area contributed by atoms with Gasteiger partial charge in [-0.25, -0.2) is 4.98 Å². The average Bonchev–Trinajstić information content (AvgIpc) is 2.36. The lowest BCUT2D eigenvalue weighted by atomic mass is 10.2. The second-order valence-electron chi connectivity index (χ2n) is 4.49. The summed E-state index contributed by atoms with van der Waals surface area (Å²) >= 11 is 0. The molecule has 1 aromatic rings. The molecule has 0 aliphatic carbocycles. The van der Waals surface area contributed by atoms with E-state index in [2.05, 4.69) is 54.3 Å². The van der Waals surface area contributed by atoms with Crippen LogP contribution in [0.15, 0.2) is 18.3 Å². The summed E-state index contributed by atoms with van der Waals surface area (Å²) in [4.78, 5) is 6.69. The second-order valence-corrected chi connectivity index (χ2v) is 4.49. The SMILES string of the molecule is CCNc1cc(NC(C)CN(CC)CC)ccn1. The highest BCUT2D eigenvalue weighted by atomic mass is 15.1. The Labute approximate surface area is 111 Å². The lowest BCUT2D eigenvalue weighted by Crippen LogP contribution is -2.34. The normalized spacial score (nSPS) is 12.5. The van der Waals surface area contributed by atoms with E-state index in [0.717, 1.165) is 37.7 Å². The van der Waals surface area contributed by atoms with Crippen LogP contribution in [0.1, 0.15) is 27.7 Å². The number of nitrogens with zero attached hydrogens (tertiary/aromatic N) is 2. The standard InChI is InChI=1S/C14H26N4/c1-5-15-14-10-13(8-9-16-14)17-12(4)11-18(6-2)7-3/h8-10,12H,5-7,11H2,1-4H3,(H2,15,16,17). The summed E-state index contributed by atoms with van der Waals surface area (Å²) in [5, 5.41) is 6.74.